The van der Waals surface area contributed by atoms with E-state index in [1.807, 2.05) is 72.8 Å². The number of hydrogen-bond donors (Lipinski definition) is 0. The fourth-order valence-corrected chi connectivity index (χ4v) is 12.7. The van der Waals surface area contributed by atoms with Gasteiger partial charge in [0, 0.05) is 32.9 Å². The first-order valence-corrected chi connectivity index (χ1v) is 27.8. The van der Waals surface area contributed by atoms with E-state index < -0.39 is 0 Å². The Morgan fingerprint density at radius 1 is 0.202 bits per heavy atom. The number of fused-ring (bicyclic) bond motifs is 8. The van der Waals surface area contributed by atoms with Crippen molar-refractivity contribution in [2.24, 2.45) is 0 Å². The molecule has 0 aliphatic heterocycles. The quantitative estimate of drug-likeness (QED) is 0.141. The van der Waals surface area contributed by atoms with Gasteiger partial charge in [0.1, 0.15) is 0 Å². The van der Waals surface area contributed by atoms with Crippen molar-refractivity contribution in [1.29, 1.82) is 21.0 Å². The second-order valence-electron chi connectivity index (χ2n) is 21.3. The van der Waals surface area contributed by atoms with Crippen LogP contribution in [0, 0.1) is 45.3 Å². The molecule has 0 N–H and O–H groups in total. The van der Waals surface area contributed by atoms with E-state index >= 15 is 0 Å². The highest BCUT2D eigenvalue weighted by Crippen LogP contribution is 2.49. The molecule has 0 aliphatic rings. The van der Waals surface area contributed by atoms with Crippen LogP contribution in [0.4, 0.5) is 0 Å². The summed E-state index contributed by atoms with van der Waals surface area (Å²) < 4.78 is 4.53. The lowest BCUT2D eigenvalue weighted by Crippen LogP contribution is -1.99. The van der Waals surface area contributed by atoms with Crippen LogP contribution in [0.3, 0.4) is 0 Å². The Bertz CT molecular complexity index is 4800. The number of nitrogens with zero attached hydrogens (tertiary/aromatic N) is 6. The molecule has 0 unspecified atom stereocenters. The Morgan fingerprint density at radius 2 is 0.464 bits per heavy atom. The van der Waals surface area contributed by atoms with Crippen LogP contribution < -0.4 is 0 Å². The van der Waals surface area contributed by atoms with Crippen molar-refractivity contribution in [3.8, 4) is 102 Å². The molecule has 2 aromatic heterocycles. The van der Waals surface area contributed by atoms with Gasteiger partial charge >= 0.3 is 0 Å². The number of benzene rings is 13. The van der Waals surface area contributed by atoms with Crippen molar-refractivity contribution >= 4 is 65.2 Å². The summed E-state index contributed by atoms with van der Waals surface area (Å²) in [6.07, 6.45) is 0. The summed E-state index contributed by atoms with van der Waals surface area (Å²) in [5, 5.41) is 48.4. The molecule has 0 amide bonds. The molecule has 15 aromatic rings. The summed E-state index contributed by atoms with van der Waals surface area (Å²) in [6, 6.07) is 103. The smallest absolute Gasteiger partial charge is 0.0991 e. The molecular formula is C78H44N6. The van der Waals surface area contributed by atoms with Crippen LogP contribution >= 0.6 is 0 Å². The third-order valence-corrected chi connectivity index (χ3v) is 16.5. The van der Waals surface area contributed by atoms with Gasteiger partial charge in [0.05, 0.1) is 68.6 Å². The molecule has 0 radical (unpaired) electrons. The molecule has 0 bridgehead atoms. The van der Waals surface area contributed by atoms with E-state index in [1.54, 1.807) is 0 Å². The Morgan fingerprint density at radius 3 is 0.726 bits per heavy atom. The van der Waals surface area contributed by atoms with Crippen molar-refractivity contribution in [3.63, 3.8) is 0 Å². The first-order chi connectivity index (χ1) is 41.4. The molecule has 15 rings (SSSR count). The van der Waals surface area contributed by atoms with E-state index in [1.165, 1.54) is 0 Å². The van der Waals surface area contributed by atoms with Gasteiger partial charge in [-0.1, -0.05) is 133 Å². The molecule has 84 heavy (non-hydrogen) atoms. The van der Waals surface area contributed by atoms with E-state index in [0.29, 0.717) is 22.3 Å². The fraction of sp³-hybridized carbons (Fsp3) is 0. The molecule has 0 saturated heterocycles. The number of rotatable bonds is 8. The maximum Gasteiger partial charge on any atom is 0.0991 e. The zero-order chi connectivity index (χ0) is 56.4. The molecule has 0 fully saturated rings. The first-order valence-electron chi connectivity index (χ1n) is 27.8. The molecule has 13 aromatic carbocycles. The lowest BCUT2D eigenvalue weighted by molar-refractivity contribution is 1.18. The number of nitriles is 4. The summed E-state index contributed by atoms with van der Waals surface area (Å²) in [4.78, 5) is 0. The standard InChI is InChI=1S/C78H44N6/c79-45-49-21-29-73-67(33-49)68-34-50(46-80)22-30-74(68)83(73)63-26-28-66-71(43-63)77(61-39-57(53-13-5-1-6-14-53)37-58(40-61)54-15-7-2-8-16-54)65-27-25-64(84-75-31-23-51(47-81)35-69(75)70-36-52(48-82)24-32-76(70)84)44-72(65)78(66)62-41-59(55-17-9-3-10-18-55)38-60(42-62)56-19-11-4-12-20-56/h1-44H. The molecule has 6 nitrogen and oxygen atoms in total. The van der Waals surface area contributed by atoms with Crippen LogP contribution in [0.15, 0.2) is 267 Å². The summed E-state index contributed by atoms with van der Waals surface area (Å²) in [6.45, 7) is 0. The molecule has 6 heteroatoms. The molecular weight excluding hydrogens is 1020 g/mol. The average molecular weight is 1070 g/mol. The Kier molecular flexibility index (Phi) is 11.6. The highest BCUT2D eigenvalue weighted by Gasteiger charge is 2.24. The van der Waals surface area contributed by atoms with Gasteiger partial charge in [0.25, 0.3) is 0 Å². The van der Waals surface area contributed by atoms with Gasteiger partial charge in [0.2, 0.25) is 0 Å². The third kappa shape index (κ3) is 8.15. The highest BCUT2D eigenvalue weighted by atomic mass is 15.0. The van der Waals surface area contributed by atoms with Crippen LogP contribution in [-0.4, -0.2) is 9.13 Å². The van der Waals surface area contributed by atoms with E-state index in [4.69, 9.17) is 0 Å². The minimum Gasteiger partial charge on any atom is -0.309 e. The largest absolute Gasteiger partial charge is 0.309 e. The maximum absolute atomic E-state index is 10.2. The second kappa shape index (κ2) is 19.9. The summed E-state index contributed by atoms with van der Waals surface area (Å²) >= 11 is 0. The second-order valence-corrected chi connectivity index (χ2v) is 21.3. The molecule has 0 spiro atoms. The predicted octanol–water partition coefficient (Wildman–Crippen LogP) is 19.7. The van der Waals surface area contributed by atoms with Gasteiger partial charge in [-0.15, -0.1) is 0 Å². The Hall–Kier alpha value is -12.1. The highest BCUT2D eigenvalue weighted by molar-refractivity contribution is 6.23. The first kappa shape index (κ1) is 49.0. The SMILES string of the molecule is N#Cc1ccc2c(c1)c1cc(C#N)ccc1n2-c1ccc2c(-c3cc(-c4ccccc4)cc(-c4ccccc4)c3)c3cc(-n4c5ccc(C#N)cc5c5cc(C#N)ccc54)ccc3c(-c3cc(-c4ccccc4)cc(-c4ccccc4)c3)c2c1. The molecule has 0 atom stereocenters. The maximum atomic E-state index is 10.2. The van der Waals surface area contributed by atoms with Gasteiger partial charge < -0.3 is 9.13 Å². The zero-order valence-corrected chi connectivity index (χ0v) is 45.1. The normalized spacial score (nSPS) is 11.3. The van der Waals surface area contributed by atoms with Crippen molar-refractivity contribution in [3.05, 3.63) is 289 Å². The summed E-state index contributed by atoms with van der Waals surface area (Å²) in [7, 11) is 0. The predicted molar refractivity (Wildman–Crippen MR) is 342 cm³/mol. The molecule has 0 saturated carbocycles. The Labute approximate surface area is 484 Å². The van der Waals surface area contributed by atoms with Crippen molar-refractivity contribution < 1.29 is 0 Å². The van der Waals surface area contributed by atoms with E-state index in [9.17, 15) is 21.0 Å². The molecule has 2 heterocycles. The minimum absolute atomic E-state index is 0.542. The van der Waals surface area contributed by atoms with Crippen LogP contribution in [0.2, 0.25) is 0 Å². The Balaban J connectivity index is 1.13. The third-order valence-electron chi connectivity index (χ3n) is 16.5. The zero-order valence-electron chi connectivity index (χ0n) is 45.1. The lowest BCUT2D eigenvalue weighted by Gasteiger charge is -2.22. The molecule has 386 valence electrons. The van der Waals surface area contributed by atoms with Crippen LogP contribution in [0.1, 0.15) is 22.3 Å². The number of hydrogen-bond acceptors (Lipinski definition) is 4. The fourth-order valence-electron chi connectivity index (χ4n) is 12.7. The van der Waals surface area contributed by atoms with Gasteiger partial charge in [-0.05, 0) is 222 Å². The summed E-state index contributed by atoms with van der Waals surface area (Å²) in [5.74, 6) is 0. The van der Waals surface area contributed by atoms with E-state index in [2.05, 4.69) is 228 Å². The van der Waals surface area contributed by atoms with Crippen molar-refractivity contribution in [1.82, 2.24) is 9.13 Å². The minimum atomic E-state index is 0.542. The monoisotopic (exact) mass is 1060 g/mol. The summed E-state index contributed by atoms with van der Waals surface area (Å²) in [5.41, 5.74) is 20.6. The molecule has 0 aliphatic carbocycles. The average Bonchev–Trinajstić information content (AvgIpc) is 1.86. The van der Waals surface area contributed by atoms with Crippen LogP contribution in [0.5, 0.6) is 0 Å². The van der Waals surface area contributed by atoms with Crippen molar-refractivity contribution in [2.75, 3.05) is 0 Å². The van der Waals surface area contributed by atoms with E-state index in [-0.39, 0.29) is 0 Å². The van der Waals surface area contributed by atoms with Gasteiger partial charge in [0.15, 0.2) is 0 Å². The topological polar surface area (TPSA) is 105 Å². The van der Waals surface area contributed by atoms with Gasteiger partial charge in [-0.3, -0.25) is 0 Å². The van der Waals surface area contributed by atoms with Gasteiger partial charge in [-0.2, -0.15) is 21.0 Å². The van der Waals surface area contributed by atoms with Crippen LogP contribution in [0.25, 0.3) is 143 Å². The number of aromatic nitrogens is 2. The van der Waals surface area contributed by atoms with Crippen LogP contribution in [-0.2, 0) is 0 Å². The van der Waals surface area contributed by atoms with Crippen molar-refractivity contribution in [2.45, 2.75) is 0 Å². The van der Waals surface area contributed by atoms with E-state index in [0.717, 1.165) is 143 Å². The lowest BCUT2D eigenvalue weighted by atomic mass is 9.83. The van der Waals surface area contributed by atoms with Gasteiger partial charge in [-0.25, -0.2) is 0 Å².